The van der Waals surface area contributed by atoms with Crippen LogP contribution in [0.4, 0.5) is 0 Å². The number of esters is 1. The first-order valence-electron chi connectivity index (χ1n) is 9.40. The van der Waals surface area contributed by atoms with Crippen LogP contribution in [0.25, 0.3) is 6.08 Å². The van der Waals surface area contributed by atoms with Crippen LogP contribution in [-0.4, -0.2) is 31.8 Å². The predicted octanol–water partition coefficient (Wildman–Crippen LogP) is 3.75. The van der Waals surface area contributed by atoms with Gasteiger partial charge < -0.3 is 4.74 Å². The van der Waals surface area contributed by atoms with E-state index in [0.717, 1.165) is 16.7 Å². The quantitative estimate of drug-likeness (QED) is 0.694. The summed E-state index contributed by atoms with van der Waals surface area (Å²) in [5.41, 5.74) is 2.91. The van der Waals surface area contributed by atoms with E-state index < -0.39 is 10.0 Å². The molecule has 0 aromatic heterocycles. The first-order chi connectivity index (χ1) is 13.5. The first kappa shape index (κ1) is 20.3. The third-order valence-corrected chi connectivity index (χ3v) is 6.58. The van der Waals surface area contributed by atoms with Gasteiger partial charge in [0.05, 0.1) is 5.92 Å². The molecule has 1 saturated heterocycles. The Morgan fingerprint density at radius 1 is 1.07 bits per heavy atom. The van der Waals surface area contributed by atoms with Crippen molar-refractivity contribution >= 4 is 22.1 Å². The van der Waals surface area contributed by atoms with Gasteiger partial charge in [-0.25, -0.2) is 8.42 Å². The molecule has 1 heterocycles. The third kappa shape index (κ3) is 5.30. The van der Waals surface area contributed by atoms with Crippen LogP contribution in [-0.2, 0) is 26.2 Å². The highest BCUT2D eigenvalue weighted by Gasteiger charge is 2.30. The molecule has 1 aliphatic heterocycles. The van der Waals surface area contributed by atoms with Gasteiger partial charge in [0.25, 0.3) is 0 Å². The average Bonchev–Trinajstić information content (AvgIpc) is 2.72. The second-order valence-corrected chi connectivity index (χ2v) is 8.78. The molecule has 0 N–H and O–H groups in total. The Balaban J connectivity index is 1.51. The van der Waals surface area contributed by atoms with Gasteiger partial charge in [0, 0.05) is 18.5 Å². The van der Waals surface area contributed by atoms with Crippen molar-refractivity contribution in [3.63, 3.8) is 0 Å². The number of ether oxygens (including phenoxy) is 1. The van der Waals surface area contributed by atoms with Gasteiger partial charge in [0.15, 0.2) is 0 Å². The van der Waals surface area contributed by atoms with Gasteiger partial charge in [-0.05, 0) is 42.5 Å². The average molecular weight is 400 g/mol. The van der Waals surface area contributed by atoms with Gasteiger partial charge in [0.2, 0.25) is 10.0 Å². The van der Waals surface area contributed by atoms with Crippen LogP contribution in [0.1, 0.15) is 29.5 Å². The zero-order chi connectivity index (χ0) is 20.0. The molecule has 0 spiro atoms. The fourth-order valence-corrected chi connectivity index (χ4v) is 4.42. The summed E-state index contributed by atoms with van der Waals surface area (Å²) in [6.45, 7) is 2.89. The maximum absolute atomic E-state index is 12.5. The van der Waals surface area contributed by atoms with Crippen molar-refractivity contribution in [1.29, 1.82) is 0 Å². The summed E-state index contributed by atoms with van der Waals surface area (Å²) in [5.74, 6) is -0.506. The zero-order valence-electron chi connectivity index (χ0n) is 16.0. The molecule has 0 saturated carbocycles. The standard InChI is InChI=1S/C22H25NO4S/c1-18-7-5-6-10-21(18)17-27-22(24)20-11-14-23(15-12-20)28(25,26)16-13-19-8-3-2-4-9-19/h2-10,13,16,20H,11-12,14-15,17H2,1H3/b16-13+. The van der Waals surface area contributed by atoms with E-state index in [9.17, 15) is 13.2 Å². The maximum Gasteiger partial charge on any atom is 0.309 e. The second-order valence-electron chi connectivity index (χ2n) is 6.97. The third-order valence-electron chi connectivity index (χ3n) is 5.01. The number of aryl methyl sites for hydroxylation is 1. The molecule has 1 aliphatic rings. The number of carbonyl (C=O) groups is 1. The van der Waals surface area contributed by atoms with E-state index in [1.807, 2.05) is 61.5 Å². The number of nitrogens with zero attached hydrogens (tertiary/aromatic N) is 1. The number of benzene rings is 2. The van der Waals surface area contributed by atoms with Gasteiger partial charge in [0.1, 0.15) is 6.61 Å². The molecule has 0 radical (unpaired) electrons. The zero-order valence-corrected chi connectivity index (χ0v) is 16.8. The van der Waals surface area contributed by atoms with Gasteiger partial charge in [-0.3, -0.25) is 4.79 Å². The molecular weight excluding hydrogens is 374 g/mol. The Bertz CT molecular complexity index is 930. The molecule has 0 bridgehead atoms. The van der Waals surface area contributed by atoms with Gasteiger partial charge in [-0.1, -0.05) is 54.6 Å². The van der Waals surface area contributed by atoms with Crippen LogP contribution in [0.5, 0.6) is 0 Å². The number of hydrogen-bond donors (Lipinski definition) is 0. The highest BCUT2D eigenvalue weighted by atomic mass is 32.2. The Labute approximate surface area is 166 Å². The van der Waals surface area contributed by atoms with Crippen LogP contribution in [0.2, 0.25) is 0 Å². The van der Waals surface area contributed by atoms with Crippen molar-refractivity contribution < 1.29 is 17.9 Å². The van der Waals surface area contributed by atoms with Gasteiger partial charge in [-0.2, -0.15) is 4.31 Å². The molecule has 6 heteroatoms. The summed E-state index contributed by atoms with van der Waals surface area (Å²) < 4.78 is 31.9. The topological polar surface area (TPSA) is 63.7 Å². The number of rotatable bonds is 6. The molecule has 3 rings (SSSR count). The monoisotopic (exact) mass is 399 g/mol. The van der Waals surface area contributed by atoms with Crippen LogP contribution in [0.15, 0.2) is 60.0 Å². The van der Waals surface area contributed by atoms with Crippen molar-refractivity contribution in [2.45, 2.75) is 26.4 Å². The van der Waals surface area contributed by atoms with E-state index in [1.54, 1.807) is 6.08 Å². The molecular formula is C22H25NO4S. The summed E-state index contributed by atoms with van der Waals surface area (Å²) in [7, 11) is -3.49. The Hall–Kier alpha value is -2.44. The Morgan fingerprint density at radius 3 is 2.39 bits per heavy atom. The van der Waals surface area contributed by atoms with E-state index in [2.05, 4.69) is 0 Å². The second kappa shape index (κ2) is 9.17. The predicted molar refractivity (Wildman–Crippen MR) is 110 cm³/mol. The van der Waals surface area contributed by atoms with E-state index in [1.165, 1.54) is 9.71 Å². The SMILES string of the molecule is Cc1ccccc1COC(=O)C1CCN(S(=O)(=O)/C=C/c2ccccc2)CC1. The maximum atomic E-state index is 12.5. The summed E-state index contributed by atoms with van der Waals surface area (Å²) in [6.07, 6.45) is 2.55. The molecule has 148 valence electrons. The lowest BCUT2D eigenvalue weighted by Crippen LogP contribution is -2.39. The van der Waals surface area contributed by atoms with Gasteiger partial charge in [-0.15, -0.1) is 0 Å². The number of piperidine rings is 1. The largest absolute Gasteiger partial charge is 0.461 e. The molecule has 2 aromatic rings. The summed E-state index contributed by atoms with van der Waals surface area (Å²) >= 11 is 0. The molecule has 5 nitrogen and oxygen atoms in total. The van der Waals surface area contributed by atoms with Crippen molar-refractivity contribution in [2.24, 2.45) is 5.92 Å². The van der Waals surface area contributed by atoms with Crippen molar-refractivity contribution in [2.75, 3.05) is 13.1 Å². The minimum absolute atomic E-state index is 0.250. The van der Waals surface area contributed by atoms with E-state index in [-0.39, 0.29) is 18.5 Å². The van der Waals surface area contributed by atoms with Crippen molar-refractivity contribution in [3.8, 4) is 0 Å². The van der Waals surface area contributed by atoms with E-state index in [4.69, 9.17) is 4.74 Å². The molecule has 0 atom stereocenters. The van der Waals surface area contributed by atoms with E-state index >= 15 is 0 Å². The van der Waals surface area contributed by atoms with Crippen molar-refractivity contribution in [3.05, 3.63) is 76.7 Å². The fourth-order valence-electron chi connectivity index (χ4n) is 3.20. The summed E-state index contributed by atoms with van der Waals surface area (Å²) in [6, 6.07) is 17.1. The molecule has 28 heavy (non-hydrogen) atoms. The molecule has 0 unspecified atom stereocenters. The minimum atomic E-state index is -3.49. The van der Waals surface area contributed by atoms with Crippen molar-refractivity contribution in [1.82, 2.24) is 4.31 Å². The first-order valence-corrected chi connectivity index (χ1v) is 10.9. The minimum Gasteiger partial charge on any atom is -0.461 e. The molecule has 1 fully saturated rings. The summed E-state index contributed by atoms with van der Waals surface area (Å²) in [4.78, 5) is 12.3. The van der Waals surface area contributed by atoms with Gasteiger partial charge >= 0.3 is 5.97 Å². The van der Waals surface area contributed by atoms with Crippen LogP contribution in [0, 0.1) is 12.8 Å². The van der Waals surface area contributed by atoms with Crippen LogP contribution < -0.4 is 0 Å². The number of sulfonamides is 1. The number of hydrogen-bond acceptors (Lipinski definition) is 4. The Morgan fingerprint density at radius 2 is 1.71 bits per heavy atom. The highest BCUT2D eigenvalue weighted by Crippen LogP contribution is 2.22. The van der Waals surface area contributed by atoms with Crippen LogP contribution >= 0.6 is 0 Å². The molecule has 2 aromatic carbocycles. The normalized spacial score (nSPS) is 16.3. The smallest absolute Gasteiger partial charge is 0.309 e. The lowest BCUT2D eigenvalue weighted by atomic mass is 9.98. The molecule has 0 aliphatic carbocycles. The lowest BCUT2D eigenvalue weighted by Gasteiger charge is -2.29. The van der Waals surface area contributed by atoms with E-state index in [0.29, 0.717) is 25.9 Å². The Kier molecular flexibility index (Phi) is 6.65. The van der Waals surface area contributed by atoms with Crippen LogP contribution in [0.3, 0.4) is 0 Å². The summed E-state index contributed by atoms with van der Waals surface area (Å²) in [5, 5.41) is 1.24. The highest BCUT2D eigenvalue weighted by molar-refractivity contribution is 7.92. The lowest BCUT2D eigenvalue weighted by molar-refractivity contribution is -0.151. The molecule has 0 amide bonds. The fraction of sp³-hybridized carbons (Fsp3) is 0.318. The number of carbonyl (C=O) groups excluding carboxylic acids is 1.